The zero-order valence-electron chi connectivity index (χ0n) is 11.8. The van der Waals surface area contributed by atoms with E-state index in [0.29, 0.717) is 32.7 Å². The van der Waals surface area contributed by atoms with Gasteiger partial charge in [0, 0.05) is 40.0 Å². The summed E-state index contributed by atoms with van der Waals surface area (Å²) in [5, 5.41) is -0.249. The Bertz CT molecular complexity index is 446. The van der Waals surface area contributed by atoms with E-state index in [2.05, 4.69) is 9.97 Å². The summed E-state index contributed by atoms with van der Waals surface area (Å²) < 4.78 is 48.1. The molecule has 5 nitrogen and oxygen atoms in total. The molecule has 0 unspecified atom stereocenters. The first-order chi connectivity index (χ1) is 9.88. The van der Waals surface area contributed by atoms with Crippen LogP contribution >= 0.6 is 11.6 Å². The van der Waals surface area contributed by atoms with E-state index >= 15 is 0 Å². The van der Waals surface area contributed by atoms with E-state index in [1.54, 1.807) is 12.0 Å². The second-order valence-corrected chi connectivity index (χ2v) is 4.58. The number of halogens is 4. The molecule has 0 spiro atoms. The fourth-order valence-electron chi connectivity index (χ4n) is 1.64. The van der Waals surface area contributed by atoms with Gasteiger partial charge in [-0.3, -0.25) is 0 Å². The number of ether oxygens (including phenoxy) is 2. The molecule has 0 aliphatic heterocycles. The molecule has 1 aromatic rings. The molecule has 0 saturated carbocycles. The van der Waals surface area contributed by atoms with Gasteiger partial charge in [-0.05, 0) is 6.42 Å². The Hall–Kier alpha value is -1.12. The summed E-state index contributed by atoms with van der Waals surface area (Å²) in [7, 11) is 3.07. The molecule has 1 rings (SSSR count). The third-order valence-electron chi connectivity index (χ3n) is 2.60. The molecule has 0 saturated heterocycles. The van der Waals surface area contributed by atoms with E-state index in [4.69, 9.17) is 21.1 Å². The number of hydrogen-bond donors (Lipinski definition) is 0. The van der Waals surface area contributed by atoms with Gasteiger partial charge in [-0.1, -0.05) is 11.6 Å². The van der Waals surface area contributed by atoms with Crippen LogP contribution in [0.3, 0.4) is 0 Å². The fraction of sp³-hybridized carbons (Fsp3) is 0.667. The van der Waals surface area contributed by atoms with Crippen molar-refractivity contribution in [2.75, 3.05) is 45.4 Å². The first kappa shape index (κ1) is 17.9. The Labute approximate surface area is 126 Å². The normalized spacial score (nSPS) is 11.7. The largest absolute Gasteiger partial charge is 0.451 e. The van der Waals surface area contributed by atoms with E-state index in [-0.39, 0.29) is 11.0 Å². The highest BCUT2D eigenvalue weighted by atomic mass is 35.5. The minimum Gasteiger partial charge on any atom is -0.385 e. The van der Waals surface area contributed by atoms with E-state index in [1.807, 2.05) is 0 Å². The third kappa shape index (κ3) is 6.03. The van der Waals surface area contributed by atoms with Crippen LogP contribution in [-0.4, -0.2) is 50.5 Å². The number of hydrogen-bond acceptors (Lipinski definition) is 5. The molecule has 0 atom stereocenters. The standard InChI is InChI=1S/C12H17ClF3N3O2/c1-20-6-3-4-19(5-7-21-2)10-8-9(13)17-11(18-10)12(14,15)16/h8H,3-7H2,1-2H3. The summed E-state index contributed by atoms with van der Waals surface area (Å²) >= 11 is 5.66. The SMILES string of the molecule is COCCCN(CCOC)c1cc(Cl)nc(C(F)(F)F)n1. The lowest BCUT2D eigenvalue weighted by atomic mass is 10.3. The predicted octanol–water partition coefficient (Wildman–Crippen LogP) is 2.64. The van der Waals surface area contributed by atoms with Crippen LogP contribution in [0.5, 0.6) is 0 Å². The smallest absolute Gasteiger partial charge is 0.385 e. The maximum atomic E-state index is 12.7. The van der Waals surface area contributed by atoms with Crippen molar-refractivity contribution in [3.05, 3.63) is 17.0 Å². The van der Waals surface area contributed by atoms with E-state index in [1.165, 1.54) is 13.2 Å². The molecular weight excluding hydrogens is 311 g/mol. The summed E-state index contributed by atoms with van der Waals surface area (Å²) in [6.45, 7) is 1.72. The lowest BCUT2D eigenvalue weighted by molar-refractivity contribution is -0.144. The van der Waals surface area contributed by atoms with Gasteiger partial charge in [0.05, 0.1) is 6.61 Å². The molecule has 0 bridgehead atoms. The quantitative estimate of drug-likeness (QED) is 0.542. The van der Waals surface area contributed by atoms with Crippen molar-refractivity contribution in [3.8, 4) is 0 Å². The summed E-state index contributed by atoms with van der Waals surface area (Å²) in [6.07, 6.45) is -4.00. The van der Waals surface area contributed by atoms with E-state index in [0.717, 1.165) is 0 Å². The summed E-state index contributed by atoms with van der Waals surface area (Å²) in [5.74, 6) is -1.13. The van der Waals surface area contributed by atoms with Gasteiger partial charge in [0.2, 0.25) is 5.82 Å². The number of alkyl halides is 3. The molecular formula is C12H17ClF3N3O2. The summed E-state index contributed by atoms with van der Waals surface area (Å²) in [5.41, 5.74) is 0. The maximum Gasteiger partial charge on any atom is 0.451 e. The molecule has 1 heterocycles. The Morgan fingerprint density at radius 1 is 1.14 bits per heavy atom. The van der Waals surface area contributed by atoms with Crippen molar-refractivity contribution < 1.29 is 22.6 Å². The monoisotopic (exact) mass is 327 g/mol. The van der Waals surface area contributed by atoms with Crippen molar-refractivity contribution in [2.45, 2.75) is 12.6 Å². The average Bonchev–Trinajstić information content (AvgIpc) is 2.41. The van der Waals surface area contributed by atoms with Crippen LogP contribution < -0.4 is 4.90 Å². The molecule has 120 valence electrons. The Morgan fingerprint density at radius 2 is 1.81 bits per heavy atom. The molecule has 0 aliphatic carbocycles. The van der Waals surface area contributed by atoms with Crippen molar-refractivity contribution >= 4 is 17.4 Å². The number of anilines is 1. The number of aromatic nitrogens is 2. The number of rotatable bonds is 8. The van der Waals surface area contributed by atoms with Crippen LogP contribution in [0.4, 0.5) is 19.0 Å². The topological polar surface area (TPSA) is 47.5 Å². The highest BCUT2D eigenvalue weighted by Gasteiger charge is 2.35. The Balaban J connectivity index is 2.96. The molecule has 1 aromatic heterocycles. The van der Waals surface area contributed by atoms with Crippen LogP contribution in [0.15, 0.2) is 6.07 Å². The average molecular weight is 328 g/mol. The molecule has 9 heteroatoms. The van der Waals surface area contributed by atoms with Gasteiger partial charge in [-0.2, -0.15) is 13.2 Å². The molecule has 21 heavy (non-hydrogen) atoms. The Morgan fingerprint density at radius 3 is 2.38 bits per heavy atom. The lowest BCUT2D eigenvalue weighted by Crippen LogP contribution is -2.30. The minimum atomic E-state index is -4.64. The molecule has 0 fully saturated rings. The third-order valence-corrected chi connectivity index (χ3v) is 2.79. The summed E-state index contributed by atoms with van der Waals surface area (Å²) in [4.78, 5) is 8.41. The van der Waals surface area contributed by atoms with E-state index < -0.39 is 12.0 Å². The van der Waals surface area contributed by atoms with Gasteiger partial charge in [-0.15, -0.1) is 0 Å². The molecule has 0 aromatic carbocycles. The van der Waals surface area contributed by atoms with Gasteiger partial charge in [0.25, 0.3) is 0 Å². The predicted molar refractivity (Wildman–Crippen MR) is 72.6 cm³/mol. The first-order valence-electron chi connectivity index (χ1n) is 6.23. The van der Waals surface area contributed by atoms with Crippen molar-refractivity contribution in [3.63, 3.8) is 0 Å². The molecule has 0 amide bonds. The first-order valence-corrected chi connectivity index (χ1v) is 6.61. The number of nitrogens with zero attached hydrogens (tertiary/aromatic N) is 3. The lowest BCUT2D eigenvalue weighted by Gasteiger charge is -2.24. The van der Waals surface area contributed by atoms with Crippen LogP contribution in [0.1, 0.15) is 12.2 Å². The zero-order valence-corrected chi connectivity index (χ0v) is 12.5. The van der Waals surface area contributed by atoms with Crippen LogP contribution in [0.25, 0.3) is 0 Å². The molecule has 0 radical (unpaired) electrons. The minimum absolute atomic E-state index is 0.121. The van der Waals surface area contributed by atoms with Gasteiger partial charge >= 0.3 is 6.18 Å². The highest BCUT2D eigenvalue weighted by molar-refractivity contribution is 6.29. The van der Waals surface area contributed by atoms with Crippen LogP contribution in [0, 0.1) is 0 Å². The molecule has 0 N–H and O–H groups in total. The van der Waals surface area contributed by atoms with Crippen LogP contribution in [-0.2, 0) is 15.7 Å². The van der Waals surface area contributed by atoms with Crippen molar-refractivity contribution in [1.82, 2.24) is 9.97 Å². The van der Waals surface area contributed by atoms with Gasteiger partial charge in [-0.25, -0.2) is 9.97 Å². The van der Waals surface area contributed by atoms with Crippen molar-refractivity contribution in [2.24, 2.45) is 0 Å². The fourth-order valence-corrected chi connectivity index (χ4v) is 1.81. The number of methoxy groups -OCH3 is 2. The second-order valence-electron chi connectivity index (χ2n) is 4.20. The van der Waals surface area contributed by atoms with Gasteiger partial charge in [0.15, 0.2) is 0 Å². The van der Waals surface area contributed by atoms with Crippen LogP contribution in [0.2, 0.25) is 5.15 Å². The zero-order chi connectivity index (χ0) is 15.9. The summed E-state index contributed by atoms with van der Waals surface area (Å²) in [6, 6.07) is 1.30. The Kier molecular flexibility index (Phi) is 7.13. The van der Waals surface area contributed by atoms with Gasteiger partial charge < -0.3 is 14.4 Å². The van der Waals surface area contributed by atoms with Gasteiger partial charge in [0.1, 0.15) is 11.0 Å². The maximum absolute atomic E-state index is 12.7. The second kappa shape index (κ2) is 8.35. The van der Waals surface area contributed by atoms with Crippen molar-refractivity contribution in [1.29, 1.82) is 0 Å². The van der Waals surface area contributed by atoms with E-state index in [9.17, 15) is 13.2 Å². The molecule has 0 aliphatic rings. The highest BCUT2D eigenvalue weighted by Crippen LogP contribution is 2.29.